The van der Waals surface area contributed by atoms with E-state index in [1.807, 2.05) is 17.0 Å². The second kappa shape index (κ2) is 7.88. The molecule has 1 saturated heterocycles. The first-order valence-electron chi connectivity index (χ1n) is 7.69. The van der Waals surface area contributed by atoms with Crippen LogP contribution in [-0.4, -0.2) is 56.7 Å². The predicted octanol–water partition coefficient (Wildman–Crippen LogP) is 1.80. The lowest BCUT2D eigenvalue weighted by molar-refractivity contribution is -0.133. The van der Waals surface area contributed by atoms with Gasteiger partial charge >= 0.3 is 0 Å². The fraction of sp³-hybridized carbons (Fsp3) is 0.562. The van der Waals surface area contributed by atoms with Gasteiger partial charge in [-0.3, -0.25) is 4.79 Å². The first-order chi connectivity index (χ1) is 10.2. The van der Waals surface area contributed by atoms with Crippen LogP contribution in [0.3, 0.4) is 0 Å². The summed E-state index contributed by atoms with van der Waals surface area (Å²) >= 11 is 0. The number of hydrogen-bond donors (Lipinski definition) is 1. The molecule has 1 fully saturated rings. The van der Waals surface area contributed by atoms with Gasteiger partial charge in [-0.15, -0.1) is 0 Å². The van der Waals surface area contributed by atoms with Crippen LogP contribution in [-0.2, 0) is 9.53 Å². The second-order valence-electron chi connectivity index (χ2n) is 5.07. The lowest BCUT2D eigenvalue weighted by Gasteiger charge is -2.27. The summed E-state index contributed by atoms with van der Waals surface area (Å²) in [6.45, 7) is 9.31. The standard InChI is InChI=1S/C16H25N3O2/c1-3-18(4-2)15-7-5-14(6-8-15)17-13-16(20)19-9-11-21-12-10-19/h5-8,17H,3-4,9-13H2,1-2H3. The molecule has 0 atom stereocenters. The van der Waals surface area contributed by atoms with Gasteiger partial charge in [0.15, 0.2) is 0 Å². The highest BCUT2D eigenvalue weighted by Crippen LogP contribution is 2.17. The van der Waals surface area contributed by atoms with E-state index in [1.54, 1.807) is 0 Å². The van der Waals surface area contributed by atoms with Gasteiger partial charge in [-0.1, -0.05) is 0 Å². The minimum Gasteiger partial charge on any atom is -0.378 e. The Hall–Kier alpha value is -1.75. The van der Waals surface area contributed by atoms with E-state index in [9.17, 15) is 4.79 Å². The van der Waals surface area contributed by atoms with Crippen molar-refractivity contribution in [3.8, 4) is 0 Å². The predicted molar refractivity (Wildman–Crippen MR) is 85.9 cm³/mol. The molecule has 0 saturated carbocycles. The lowest BCUT2D eigenvalue weighted by Crippen LogP contribution is -2.43. The molecule has 1 aliphatic heterocycles. The van der Waals surface area contributed by atoms with Crippen molar-refractivity contribution in [3.05, 3.63) is 24.3 Å². The topological polar surface area (TPSA) is 44.8 Å². The minimum atomic E-state index is 0.131. The molecule has 21 heavy (non-hydrogen) atoms. The number of nitrogens with one attached hydrogen (secondary N) is 1. The molecule has 5 heteroatoms. The first-order valence-corrected chi connectivity index (χ1v) is 7.69. The van der Waals surface area contributed by atoms with Crippen molar-refractivity contribution < 1.29 is 9.53 Å². The largest absolute Gasteiger partial charge is 0.378 e. The highest BCUT2D eigenvalue weighted by molar-refractivity contribution is 5.81. The van der Waals surface area contributed by atoms with Crippen LogP contribution in [0.25, 0.3) is 0 Å². The summed E-state index contributed by atoms with van der Waals surface area (Å²) in [5.41, 5.74) is 2.19. The summed E-state index contributed by atoms with van der Waals surface area (Å²) in [6.07, 6.45) is 0. The van der Waals surface area contributed by atoms with Gasteiger partial charge in [-0.2, -0.15) is 0 Å². The Morgan fingerprint density at radius 3 is 2.38 bits per heavy atom. The molecule has 5 nitrogen and oxygen atoms in total. The van der Waals surface area contributed by atoms with Crippen molar-refractivity contribution >= 4 is 17.3 Å². The maximum absolute atomic E-state index is 12.0. The van der Waals surface area contributed by atoms with Gasteiger partial charge in [0.25, 0.3) is 0 Å². The normalized spacial score (nSPS) is 14.9. The van der Waals surface area contributed by atoms with Crippen LogP contribution in [0.1, 0.15) is 13.8 Å². The summed E-state index contributed by atoms with van der Waals surface area (Å²) in [6, 6.07) is 8.24. The SMILES string of the molecule is CCN(CC)c1ccc(NCC(=O)N2CCOCC2)cc1. The van der Waals surface area contributed by atoms with Crippen molar-refractivity contribution in [2.75, 3.05) is 56.2 Å². The second-order valence-corrected chi connectivity index (χ2v) is 5.07. The smallest absolute Gasteiger partial charge is 0.242 e. The average Bonchev–Trinajstić information content (AvgIpc) is 2.55. The van der Waals surface area contributed by atoms with E-state index >= 15 is 0 Å². The number of hydrogen-bond acceptors (Lipinski definition) is 4. The molecule has 116 valence electrons. The summed E-state index contributed by atoms with van der Waals surface area (Å²) in [7, 11) is 0. The molecule has 0 unspecified atom stereocenters. The maximum atomic E-state index is 12.0. The third-order valence-corrected chi connectivity index (χ3v) is 3.80. The molecular formula is C16H25N3O2. The van der Waals surface area contributed by atoms with Crippen molar-refractivity contribution in [1.82, 2.24) is 4.90 Å². The molecule has 0 spiro atoms. The van der Waals surface area contributed by atoms with E-state index < -0.39 is 0 Å². The molecule has 0 aromatic heterocycles. The number of anilines is 2. The summed E-state index contributed by atoms with van der Waals surface area (Å²) in [4.78, 5) is 16.2. The van der Waals surface area contributed by atoms with Crippen LogP contribution < -0.4 is 10.2 Å². The molecule has 1 amide bonds. The Morgan fingerprint density at radius 2 is 1.81 bits per heavy atom. The fourth-order valence-electron chi connectivity index (χ4n) is 2.48. The average molecular weight is 291 g/mol. The number of carbonyl (C=O) groups is 1. The number of nitrogens with zero attached hydrogens (tertiary/aromatic N) is 2. The maximum Gasteiger partial charge on any atom is 0.242 e. The first kappa shape index (κ1) is 15.6. The molecule has 0 aliphatic carbocycles. The third kappa shape index (κ3) is 4.36. The zero-order valence-corrected chi connectivity index (χ0v) is 13.0. The molecule has 0 bridgehead atoms. The highest BCUT2D eigenvalue weighted by Gasteiger charge is 2.16. The summed E-state index contributed by atoms with van der Waals surface area (Å²) in [5, 5.41) is 3.19. The van der Waals surface area contributed by atoms with Crippen LogP contribution in [0.15, 0.2) is 24.3 Å². The molecule has 2 rings (SSSR count). The zero-order valence-electron chi connectivity index (χ0n) is 13.0. The van der Waals surface area contributed by atoms with E-state index in [-0.39, 0.29) is 5.91 Å². The van der Waals surface area contributed by atoms with Crippen molar-refractivity contribution in [3.63, 3.8) is 0 Å². The minimum absolute atomic E-state index is 0.131. The van der Waals surface area contributed by atoms with E-state index in [0.29, 0.717) is 32.8 Å². The third-order valence-electron chi connectivity index (χ3n) is 3.80. The van der Waals surface area contributed by atoms with Crippen LogP contribution in [0.5, 0.6) is 0 Å². The van der Waals surface area contributed by atoms with Gasteiger partial charge in [0.2, 0.25) is 5.91 Å². The van der Waals surface area contributed by atoms with Crippen LogP contribution in [0, 0.1) is 0 Å². The zero-order chi connectivity index (χ0) is 15.1. The van der Waals surface area contributed by atoms with Crippen LogP contribution >= 0.6 is 0 Å². The molecule has 1 N–H and O–H groups in total. The Morgan fingerprint density at radius 1 is 1.19 bits per heavy atom. The number of amides is 1. The number of benzene rings is 1. The van der Waals surface area contributed by atoms with Crippen LogP contribution in [0.2, 0.25) is 0 Å². The van der Waals surface area contributed by atoms with Gasteiger partial charge in [-0.05, 0) is 38.1 Å². The molecular weight excluding hydrogens is 266 g/mol. The van der Waals surface area contributed by atoms with Gasteiger partial charge in [0, 0.05) is 37.6 Å². The fourth-order valence-corrected chi connectivity index (χ4v) is 2.48. The monoisotopic (exact) mass is 291 g/mol. The molecule has 1 aliphatic rings. The van der Waals surface area contributed by atoms with Crippen molar-refractivity contribution in [1.29, 1.82) is 0 Å². The van der Waals surface area contributed by atoms with E-state index in [0.717, 1.165) is 18.8 Å². The molecule has 0 radical (unpaired) electrons. The molecule has 1 aromatic carbocycles. The van der Waals surface area contributed by atoms with Gasteiger partial charge in [-0.25, -0.2) is 0 Å². The number of ether oxygens (including phenoxy) is 1. The Bertz CT molecular complexity index is 437. The van der Waals surface area contributed by atoms with Crippen molar-refractivity contribution in [2.45, 2.75) is 13.8 Å². The Labute approximate surface area is 126 Å². The Kier molecular flexibility index (Phi) is 5.87. The Balaban J connectivity index is 1.84. The number of rotatable bonds is 6. The van der Waals surface area contributed by atoms with E-state index in [1.165, 1.54) is 5.69 Å². The van der Waals surface area contributed by atoms with E-state index in [2.05, 4.69) is 36.2 Å². The van der Waals surface area contributed by atoms with Gasteiger partial charge in [0.1, 0.15) is 0 Å². The molecule has 1 aromatic rings. The number of carbonyl (C=O) groups excluding carboxylic acids is 1. The summed E-state index contributed by atoms with van der Waals surface area (Å²) in [5.74, 6) is 0.131. The van der Waals surface area contributed by atoms with Crippen molar-refractivity contribution in [2.24, 2.45) is 0 Å². The van der Waals surface area contributed by atoms with E-state index in [4.69, 9.17) is 4.74 Å². The van der Waals surface area contributed by atoms with Gasteiger partial charge in [0.05, 0.1) is 19.8 Å². The van der Waals surface area contributed by atoms with Crippen LogP contribution in [0.4, 0.5) is 11.4 Å². The quantitative estimate of drug-likeness (QED) is 0.868. The highest BCUT2D eigenvalue weighted by atomic mass is 16.5. The summed E-state index contributed by atoms with van der Waals surface area (Å²) < 4.78 is 5.25. The lowest BCUT2D eigenvalue weighted by atomic mass is 10.2. The number of morpholine rings is 1. The molecule has 1 heterocycles. The van der Waals surface area contributed by atoms with Gasteiger partial charge < -0.3 is 19.9 Å².